The predicted molar refractivity (Wildman–Crippen MR) is 113 cm³/mol. The van der Waals surface area contributed by atoms with Gasteiger partial charge in [-0.2, -0.15) is 0 Å². The number of carbonyl (C=O) groups excluding carboxylic acids is 1. The Morgan fingerprint density at radius 1 is 1.10 bits per heavy atom. The summed E-state index contributed by atoms with van der Waals surface area (Å²) in [5.74, 6) is 0.683. The molecule has 9 heteroatoms. The Morgan fingerprint density at radius 3 is 2.77 bits per heavy atom. The molecular formula is C21H23N7O2. The Bertz CT molecular complexity index is 1050. The number of hydrogen-bond donors (Lipinski definition) is 2. The highest BCUT2D eigenvalue weighted by Crippen LogP contribution is 2.16. The quantitative estimate of drug-likeness (QED) is 0.671. The van der Waals surface area contributed by atoms with Crippen LogP contribution in [0, 0.1) is 0 Å². The molecule has 0 spiro atoms. The van der Waals surface area contributed by atoms with Gasteiger partial charge >= 0.3 is 11.7 Å². The number of anilines is 2. The zero-order chi connectivity index (χ0) is 20.8. The second-order valence-electron chi connectivity index (χ2n) is 7.16. The number of urea groups is 1. The fourth-order valence-corrected chi connectivity index (χ4v) is 3.54. The number of nitrogens with one attached hydrogen (secondary N) is 2. The largest absolute Gasteiger partial charge is 0.347 e. The minimum atomic E-state index is -0.308. The summed E-state index contributed by atoms with van der Waals surface area (Å²) in [6.07, 6.45) is 8.46. The fourth-order valence-electron chi connectivity index (χ4n) is 3.54. The van der Waals surface area contributed by atoms with E-state index in [1.54, 1.807) is 30.7 Å². The minimum Gasteiger partial charge on any atom is -0.339 e. The summed E-state index contributed by atoms with van der Waals surface area (Å²) in [6.45, 7) is 1.93. The van der Waals surface area contributed by atoms with Crippen LogP contribution < -0.4 is 21.2 Å². The van der Waals surface area contributed by atoms with Gasteiger partial charge in [0.1, 0.15) is 0 Å². The molecule has 0 unspecified atom stereocenters. The summed E-state index contributed by atoms with van der Waals surface area (Å²) in [7, 11) is 0. The van der Waals surface area contributed by atoms with Crippen molar-refractivity contribution in [2.45, 2.75) is 25.4 Å². The van der Waals surface area contributed by atoms with E-state index >= 15 is 0 Å². The molecule has 3 heterocycles. The standard InChI is InChI=1S/C21H23N7O2/c29-20(26-18-7-2-11-27(15-18)19-22-8-3-9-23-19)25-17-6-1-5-16(13-17)14-28-12-4-10-24-21(28)30/h1,3-6,8-10,12-13,18H,2,7,11,14-15H2,(H2,25,26,29)/t18-/m0/s1. The summed E-state index contributed by atoms with van der Waals surface area (Å²) in [4.78, 5) is 38.7. The Morgan fingerprint density at radius 2 is 1.93 bits per heavy atom. The van der Waals surface area contributed by atoms with Crippen LogP contribution in [0.1, 0.15) is 18.4 Å². The van der Waals surface area contributed by atoms with Crippen molar-refractivity contribution in [2.24, 2.45) is 0 Å². The van der Waals surface area contributed by atoms with Gasteiger partial charge in [-0.05, 0) is 42.7 Å². The van der Waals surface area contributed by atoms with E-state index in [1.165, 1.54) is 10.8 Å². The van der Waals surface area contributed by atoms with E-state index in [1.807, 2.05) is 24.3 Å². The van der Waals surface area contributed by atoms with Crippen molar-refractivity contribution in [3.05, 3.63) is 77.2 Å². The molecule has 2 amide bonds. The average molecular weight is 405 g/mol. The Balaban J connectivity index is 1.35. The van der Waals surface area contributed by atoms with E-state index in [2.05, 4.69) is 30.5 Å². The van der Waals surface area contributed by atoms with Gasteiger partial charge in [-0.15, -0.1) is 0 Å². The molecular weight excluding hydrogens is 382 g/mol. The monoisotopic (exact) mass is 405 g/mol. The first-order valence-corrected chi connectivity index (χ1v) is 9.87. The van der Waals surface area contributed by atoms with Crippen LogP contribution in [0.4, 0.5) is 16.4 Å². The number of carbonyl (C=O) groups is 1. The van der Waals surface area contributed by atoms with E-state index in [4.69, 9.17) is 0 Å². The highest BCUT2D eigenvalue weighted by atomic mass is 16.2. The molecule has 2 N–H and O–H groups in total. The molecule has 1 saturated heterocycles. The van der Waals surface area contributed by atoms with Crippen LogP contribution in [-0.4, -0.2) is 44.7 Å². The summed E-state index contributed by atoms with van der Waals surface area (Å²) >= 11 is 0. The molecule has 0 bridgehead atoms. The maximum Gasteiger partial charge on any atom is 0.347 e. The number of amides is 2. The molecule has 4 rings (SSSR count). The van der Waals surface area contributed by atoms with E-state index in [0.717, 1.165) is 24.9 Å². The molecule has 3 aromatic rings. The zero-order valence-electron chi connectivity index (χ0n) is 16.4. The number of rotatable bonds is 5. The molecule has 1 aromatic carbocycles. The first kappa shape index (κ1) is 19.6. The Kier molecular flexibility index (Phi) is 5.98. The minimum absolute atomic E-state index is 0.0136. The lowest BCUT2D eigenvalue weighted by Crippen LogP contribution is -2.49. The third kappa shape index (κ3) is 4.99. The van der Waals surface area contributed by atoms with Crippen molar-refractivity contribution in [3.8, 4) is 0 Å². The third-order valence-electron chi connectivity index (χ3n) is 4.91. The maximum absolute atomic E-state index is 12.5. The molecule has 0 aliphatic carbocycles. The smallest absolute Gasteiger partial charge is 0.339 e. The summed E-state index contributed by atoms with van der Waals surface area (Å²) in [5.41, 5.74) is 1.26. The summed E-state index contributed by atoms with van der Waals surface area (Å²) < 4.78 is 1.52. The van der Waals surface area contributed by atoms with Crippen LogP contribution in [0.25, 0.3) is 0 Å². The predicted octanol–water partition coefficient (Wildman–Crippen LogP) is 1.87. The zero-order valence-corrected chi connectivity index (χ0v) is 16.4. The van der Waals surface area contributed by atoms with Crippen LogP contribution in [0.15, 0.2) is 66.0 Å². The molecule has 9 nitrogen and oxygen atoms in total. The van der Waals surface area contributed by atoms with Crippen molar-refractivity contribution in [2.75, 3.05) is 23.3 Å². The molecule has 0 saturated carbocycles. The van der Waals surface area contributed by atoms with E-state index < -0.39 is 0 Å². The maximum atomic E-state index is 12.5. The topological polar surface area (TPSA) is 105 Å². The van der Waals surface area contributed by atoms with Crippen LogP contribution in [-0.2, 0) is 6.54 Å². The normalized spacial score (nSPS) is 16.1. The molecule has 2 aromatic heterocycles. The van der Waals surface area contributed by atoms with Crippen molar-refractivity contribution >= 4 is 17.7 Å². The first-order chi connectivity index (χ1) is 14.7. The molecule has 1 aliphatic rings. The van der Waals surface area contributed by atoms with Crippen LogP contribution in [0.5, 0.6) is 0 Å². The van der Waals surface area contributed by atoms with Crippen molar-refractivity contribution in [3.63, 3.8) is 0 Å². The van der Waals surface area contributed by atoms with E-state index in [-0.39, 0.29) is 17.8 Å². The fraction of sp³-hybridized carbons (Fsp3) is 0.286. The van der Waals surface area contributed by atoms with Gasteiger partial charge in [-0.3, -0.25) is 4.57 Å². The number of nitrogens with zero attached hydrogens (tertiary/aromatic N) is 5. The molecule has 0 radical (unpaired) electrons. The second-order valence-corrected chi connectivity index (χ2v) is 7.16. The number of piperidine rings is 1. The highest BCUT2D eigenvalue weighted by molar-refractivity contribution is 5.89. The van der Waals surface area contributed by atoms with E-state index in [9.17, 15) is 9.59 Å². The van der Waals surface area contributed by atoms with Gasteiger partial charge in [0.2, 0.25) is 5.95 Å². The SMILES string of the molecule is O=C(Nc1cccc(Cn2cccnc2=O)c1)N[C@H]1CCCN(c2ncccn2)C1. The lowest BCUT2D eigenvalue weighted by atomic mass is 10.1. The van der Waals surface area contributed by atoms with Gasteiger partial charge in [-0.1, -0.05) is 12.1 Å². The third-order valence-corrected chi connectivity index (χ3v) is 4.91. The van der Waals surface area contributed by atoms with Gasteiger partial charge in [0.25, 0.3) is 0 Å². The molecule has 1 fully saturated rings. The van der Waals surface area contributed by atoms with Gasteiger partial charge in [-0.25, -0.2) is 24.5 Å². The molecule has 1 atom stereocenters. The van der Waals surface area contributed by atoms with Crippen molar-refractivity contribution < 1.29 is 4.79 Å². The van der Waals surface area contributed by atoms with Gasteiger partial charge in [0.15, 0.2) is 0 Å². The first-order valence-electron chi connectivity index (χ1n) is 9.87. The van der Waals surface area contributed by atoms with Crippen LogP contribution in [0.2, 0.25) is 0 Å². The number of benzene rings is 1. The lowest BCUT2D eigenvalue weighted by molar-refractivity contribution is 0.246. The van der Waals surface area contributed by atoms with Crippen molar-refractivity contribution in [1.82, 2.24) is 24.8 Å². The summed E-state index contributed by atoms with van der Waals surface area (Å²) in [5, 5.41) is 5.91. The number of aromatic nitrogens is 4. The lowest BCUT2D eigenvalue weighted by Gasteiger charge is -2.33. The molecule has 1 aliphatic heterocycles. The molecule has 154 valence electrons. The number of hydrogen-bond acceptors (Lipinski definition) is 6. The van der Waals surface area contributed by atoms with Crippen LogP contribution >= 0.6 is 0 Å². The summed E-state index contributed by atoms with van der Waals surface area (Å²) in [6, 6.07) is 10.7. The van der Waals surface area contributed by atoms with Gasteiger partial charge in [0, 0.05) is 49.6 Å². The Labute approximate surface area is 173 Å². The van der Waals surface area contributed by atoms with Crippen molar-refractivity contribution in [1.29, 1.82) is 0 Å². The second kappa shape index (κ2) is 9.17. The van der Waals surface area contributed by atoms with Gasteiger partial charge in [0.05, 0.1) is 6.54 Å². The van der Waals surface area contributed by atoms with Gasteiger partial charge < -0.3 is 15.5 Å². The molecule has 30 heavy (non-hydrogen) atoms. The average Bonchev–Trinajstić information content (AvgIpc) is 2.76. The van der Waals surface area contributed by atoms with E-state index in [0.29, 0.717) is 24.7 Å². The highest BCUT2D eigenvalue weighted by Gasteiger charge is 2.23. The Hall–Kier alpha value is -3.75. The van der Waals surface area contributed by atoms with Crippen LogP contribution in [0.3, 0.4) is 0 Å².